The van der Waals surface area contributed by atoms with Gasteiger partial charge in [0.25, 0.3) is 0 Å². The van der Waals surface area contributed by atoms with Crippen LogP contribution in [0.2, 0.25) is 0 Å². The molecule has 2 saturated heterocycles. The average Bonchev–Trinajstić information content (AvgIpc) is 3.17. The van der Waals surface area contributed by atoms with Crippen molar-refractivity contribution < 1.29 is 4.74 Å². The molecule has 1 aromatic rings. The Kier molecular flexibility index (Phi) is 8.16. The van der Waals surface area contributed by atoms with E-state index in [1.807, 2.05) is 0 Å². The van der Waals surface area contributed by atoms with E-state index in [4.69, 9.17) is 9.73 Å². The van der Waals surface area contributed by atoms with Crippen LogP contribution in [0.1, 0.15) is 44.2 Å². The zero-order valence-electron chi connectivity index (χ0n) is 18.0. The summed E-state index contributed by atoms with van der Waals surface area (Å²) in [4.78, 5) is 9.99. The Morgan fingerprint density at radius 3 is 2.61 bits per heavy atom. The summed E-state index contributed by atoms with van der Waals surface area (Å²) in [5.74, 6) is 2.53. The molecule has 2 aliphatic rings. The zero-order chi connectivity index (χ0) is 19.8. The maximum Gasteiger partial charge on any atom is 0.194 e. The van der Waals surface area contributed by atoms with Crippen molar-refractivity contribution >= 4 is 5.96 Å². The number of piperidine rings is 1. The third kappa shape index (κ3) is 5.95. The lowest BCUT2D eigenvalue weighted by Gasteiger charge is -2.30. The normalized spacial score (nSPS) is 22.0. The van der Waals surface area contributed by atoms with E-state index >= 15 is 0 Å². The highest BCUT2D eigenvalue weighted by Crippen LogP contribution is 2.21. The van der Waals surface area contributed by atoms with Crippen molar-refractivity contribution in [2.75, 3.05) is 46.4 Å². The second-order valence-electron chi connectivity index (χ2n) is 8.45. The second-order valence-corrected chi connectivity index (χ2v) is 8.45. The number of methoxy groups -OCH3 is 1. The molecule has 1 N–H and O–H groups in total. The molecule has 1 atom stereocenters. The molecular formula is C23H38N4O. The molecular weight excluding hydrogens is 348 g/mol. The Morgan fingerprint density at radius 2 is 1.89 bits per heavy atom. The molecule has 1 unspecified atom stereocenters. The number of ether oxygens (including phenoxy) is 1. The van der Waals surface area contributed by atoms with Gasteiger partial charge in [0.1, 0.15) is 0 Å². The maximum atomic E-state index is 5.35. The van der Waals surface area contributed by atoms with Gasteiger partial charge in [-0.05, 0) is 56.3 Å². The molecule has 0 aromatic heterocycles. The molecule has 3 rings (SSSR count). The van der Waals surface area contributed by atoms with E-state index in [1.54, 1.807) is 7.11 Å². The third-order valence-corrected chi connectivity index (χ3v) is 6.11. The van der Waals surface area contributed by atoms with Crippen molar-refractivity contribution in [2.24, 2.45) is 16.8 Å². The lowest BCUT2D eigenvalue weighted by Crippen LogP contribution is -2.40. The van der Waals surface area contributed by atoms with Gasteiger partial charge in [-0.3, -0.25) is 4.90 Å². The van der Waals surface area contributed by atoms with Gasteiger partial charge in [-0.25, -0.2) is 4.99 Å². The summed E-state index contributed by atoms with van der Waals surface area (Å²) in [5.41, 5.74) is 2.78. The Balaban J connectivity index is 1.64. The Bertz CT molecular complexity index is 625. The van der Waals surface area contributed by atoms with Gasteiger partial charge >= 0.3 is 0 Å². The van der Waals surface area contributed by atoms with Crippen LogP contribution >= 0.6 is 0 Å². The molecule has 0 aliphatic carbocycles. The number of likely N-dealkylation sites (tertiary alicyclic amines) is 2. The highest BCUT2D eigenvalue weighted by atomic mass is 16.5. The summed E-state index contributed by atoms with van der Waals surface area (Å²) in [6.45, 7) is 12.6. The molecule has 0 amide bonds. The van der Waals surface area contributed by atoms with Gasteiger partial charge in [-0.2, -0.15) is 0 Å². The number of aliphatic imine (C=N–C) groups is 1. The highest BCUT2D eigenvalue weighted by molar-refractivity contribution is 5.80. The van der Waals surface area contributed by atoms with E-state index in [2.05, 4.69) is 53.2 Å². The predicted molar refractivity (Wildman–Crippen MR) is 116 cm³/mol. The number of hydrogen-bond donors (Lipinski definition) is 1. The molecule has 1 aromatic carbocycles. The van der Waals surface area contributed by atoms with Crippen LogP contribution in [-0.4, -0.2) is 62.2 Å². The van der Waals surface area contributed by atoms with Gasteiger partial charge < -0.3 is 15.0 Å². The summed E-state index contributed by atoms with van der Waals surface area (Å²) in [6.07, 6.45) is 3.83. The fourth-order valence-electron chi connectivity index (χ4n) is 4.31. The first-order chi connectivity index (χ1) is 13.7. The van der Waals surface area contributed by atoms with E-state index in [-0.39, 0.29) is 0 Å². The number of benzene rings is 1. The van der Waals surface area contributed by atoms with Crippen LogP contribution in [0.15, 0.2) is 29.3 Å². The monoisotopic (exact) mass is 386 g/mol. The summed E-state index contributed by atoms with van der Waals surface area (Å²) in [5, 5.41) is 3.49. The fourth-order valence-corrected chi connectivity index (χ4v) is 4.31. The lowest BCUT2D eigenvalue weighted by atomic mass is 9.98. The second kappa shape index (κ2) is 10.8. The van der Waals surface area contributed by atoms with Crippen LogP contribution in [0.3, 0.4) is 0 Å². The summed E-state index contributed by atoms with van der Waals surface area (Å²) in [6, 6.07) is 8.83. The Hall–Kier alpha value is -1.59. The van der Waals surface area contributed by atoms with Crippen molar-refractivity contribution in [2.45, 2.75) is 46.2 Å². The zero-order valence-corrected chi connectivity index (χ0v) is 18.0. The van der Waals surface area contributed by atoms with Crippen molar-refractivity contribution in [1.82, 2.24) is 15.1 Å². The maximum absolute atomic E-state index is 5.35. The largest absolute Gasteiger partial charge is 0.384 e. The number of rotatable bonds is 7. The molecule has 156 valence electrons. The minimum Gasteiger partial charge on any atom is -0.384 e. The van der Waals surface area contributed by atoms with Crippen LogP contribution in [-0.2, 0) is 17.8 Å². The lowest BCUT2D eigenvalue weighted by molar-refractivity contribution is 0.157. The van der Waals surface area contributed by atoms with Gasteiger partial charge in [0.2, 0.25) is 0 Å². The van der Waals surface area contributed by atoms with Gasteiger partial charge in [-0.15, -0.1) is 0 Å². The first-order valence-corrected chi connectivity index (χ1v) is 11.0. The van der Waals surface area contributed by atoms with Crippen molar-refractivity contribution in [3.8, 4) is 0 Å². The van der Waals surface area contributed by atoms with Crippen LogP contribution < -0.4 is 5.32 Å². The molecule has 0 bridgehead atoms. The highest BCUT2D eigenvalue weighted by Gasteiger charge is 2.24. The van der Waals surface area contributed by atoms with E-state index in [1.165, 1.54) is 43.5 Å². The minimum absolute atomic E-state index is 0.614. The first-order valence-electron chi connectivity index (χ1n) is 11.0. The quantitative estimate of drug-likeness (QED) is 0.576. The van der Waals surface area contributed by atoms with E-state index in [9.17, 15) is 0 Å². The van der Waals surface area contributed by atoms with Crippen molar-refractivity contribution in [3.63, 3.8) is 0 Å². The van der Waals surface area contributed by atoms with Gasteiger partial charge in [0.05, 0.1) is 13.2 Å². The summed E-state index contributed by atoms with van der Waals surface area (Å²) in [7, 11) is 1.79. The van der Waals surface area contributed by atoms with Crippen molar-refractivity contribution in [3.05, 3.63) is 35.4 Å². The average molecular weight is 387 g/mol. The van der Waals surface area contributed by atoms with E-state index in [0.717, 1.165) is 51.2 Å². The number of guanidine groups is 1. The van der Waals surface area contributed by atoms with Gasteiger partial charge in [0.15, 0.2) is 5.96 Å². The smallest absolute Gasteiger partial charge is 0.194 e. The van der Waals surface area contributed by atoms with Crippen LogP contribution in [0, 0.1) is 11.8 Å². The molecule has 0 saturated carbocycles. The number of nitrogens with one attached hydrogen (secondary N) is 1. The summed E-state index contributed by atoms with van der Waals surface area (Å²) >= 11 is 0. The third-order valence-electron chi connectivity index (χ3n) is 6.11. The van der Waals surface area contributed by atoms with Crippen LogP contribution in [0.25, 0.3) is 0 Å². The standard InChI is InChI=1S/C23H38N4O/c1-4-24-23(27-14-11-20(16-27)18-28-3)25-15-21-7-5-6-8-22(21)17-26-12-9-19(2)10-13-26/h5-8,19-20H,4,9-18H2,1-3H3,(H,24,25). The summed E-state index contributed by atoms with van der Waals surface area (Å²) < 4.78 is 5.35. The first kappa shape index (κ1) is 21.1. The SMILES string of the molecule is CCNC(=NCc1ccccc1CN1CCC(C)CC1)N1CCC(COC)C1. The topological polar surface area (TPSA) is 40.1 Å². The van der Waals surface area contributed by atoms with Crippen LogP contribution in [0.5, 0.6) is 0 Å². The van der Waals surface area contributed by atoms with Gasteiger partial charge in [0, 0.05) is 39.2 Å². The molecule has 2 aliphatic heterocycles. The molecule has 0 spiro atoms. The molecule has 0 radical (unpaired) electrons. The number of nitrogens with zero attached hydrogens (tertiary/aromatic N) is 3. The predicted octanol–water partition coefficient (Wildman–Crippen LogP) is 3.35. The minimum atomic E-state index is 0.614. The molecule has 5 heteroatoms. The Labute approximate surface area is 171 Å². The molecule has 2 heterocycles. The fraction of sp³-hybridized carbons (Fsp3) is 0.696. The number of hydrogen-bond acceptors (Lipinski definition) is 3. The van der Waals surface area contributed by atoms with E-state index < -0.39 is 0 Å². The Morgan fingerprint density at radius 1 is 1.14 bits per heavy atom. The molecule has 5 nitrogen and oxygen atoms in total. The van der Waals surface area contributed by atoms with Crippen LogP contribution in [0.4, 0.5) is 0 Å². The van der Waals surface area contributed by atoms with Gasteiger partial charge in [-0.1, -0.05) is 31.2 Å². The van der Waals surface area contributed by atoms with Crippen molar-refractivity contribution in [1.29, 1.82) is 0 Å². The van der Waals surface area contributed by atoms with E-state index in [0.29, 0.717) is 5.92 Å². The molecule has 2 fully saturated rings. The molecule has 28 heavy (non-hydrogen) atoms.